The summed E-state index contributed by atoms with van der Waals surface area (Å²) < 4.78 is 10.0. The minimum Gasteiger partial charge on any atom is -0.449 e. The minimum absolute atomic E-state index is 0.289. The molecule has 0 radical (unpaired) electrons. The predicted molar refractivity (Wildman–Crippen MR) is 80.7 cm³/mol. The molecule has 0 spiro atoms. The SMILES string of the molecule is Cc1ccc(C(=O)O[C@@H](C)C(=O)Nc2cc(C)on2)c(C)c1. The third kappa shape index (κ3) is 3.72. The first kappa shape index (κ1) is 15.8. The standard InChI is InChI=1S/C16H18N2O4/c1-9-5-6-13(10(2)7-9)16(20)21-12(4)15(19)17-14-8-11(3)22-18-14/h5-8,12H,1-4H3,(H,17,18,19)/t12-/m0/s1. The van der Waals surface area contributed by atoms with Gasteiger partial charge in [-0.3, -0.25) is 4.79 Å². The van der Waals surface area contributed by atoms with Gasteiger partial charge < -0.3 is 14.6 Å². The highest BCUT2D eigenvalue weighted by atomic mass is 16.5. The number of carbonyl (C=O) groups excluding carboxylic acids is 2. The third-order valence-corrected chi connectivity index (χ3v) is 3.13. The fourth-order valence-electron chi connectivity index (χ4n) is 1.97. The second kappa shape index (κ2) is 6.43. The lowest BCUT2D eigenvalue weighted by molar-refractivity contribution is -0.123. The van der Waals surface area contributed by atoms with E-state index in [0.29, 0.717) is 11.3 Å². The molecular formula is C16H18N2O4. The molecule has 1 N–H and O–H groups in total. The quantitative estimate of drug-likeness (QED) is 0.878. The normalized spacial score (nSPS) is 11.8. The van der Waals surface area contributed by atoms with E-state index in [1.54, 1.807) is 19.1 Å². The topological polar surface area (TPSA) is 81.4 Å². The van der Waals surface area contributed by atoms with Gasteiger partial charge in [-0.05, 0) is 39.3 Å². The molecule has 6 heteroatoms. The maximum absolute atomic E-state index is 12.1. The highest BCUT2D eigenvalue weighted by Gasteiger charge is 2.21. The van der Waals surface area contributed by atoms with Crippen LogP contribution in [-0.2, 0) is 9.53 Å². The Kier molecular flexibility index (Phi) is 4.60. The zero-order valence-electron chi connectivity index (χ0n) is 13.0. The summed E-state index contributed by atoms with van der Waals surface area (Å²) in [5.41, 5.74) is 2.31. The summed E-state index contributed by atoms with van der Waals surface area (Å²) in [6, 6.07) is 6.99. The molecule has 2 aromatic rings. The number of anilines is 1. The van der Waals surface area contributed by atoms with Crippen LogP contribution in [0.1, 0.15) is 34.2 Å². The number of benzene rings is 1. The Morgan fingerprint density at radius 1 is 1.23 bits per heavy atom. The van der Waals surface area contributed by atoms with Crippen LogP contribution in [0.3, 0.4) is 0 Å². The van der Waals surface area contributed by atoms with Gasteiger partial charge in [-0.15, -0.1) is 0 Å². The number of nitrogens with zero attached hydrogens (tertiary/aromatic N) is 1. The van der Waals surface area contributed by atoms with Crippen molar-refractivity contribution in [1.29, 1.82) is 0 Å². The molecule has 22 heavy (non-hydrogen) atoms. The van der Waals surface area contributed by atoms with Gasteiger partial charge in [-0.25, -0.2) is 4.79 Å². The maximum atomic E-state index is 12.1. The summed E-state index contributed by atoms with van der Waals surface area (Å²) >= 11 is 0. The summed E-state index contributed by atoms with van der Waals surface area (Å²) in [5, 5.41) is 6.17. The Morgan fingerprint density at radius 2 is 1.95 bits per heavy atom. The van der Waals surface area contributed by atoms with Crippen LogP contribution in [0.25, 0.3) is 0 Å². The third-order valence-electron chi connectivity index (χ3n) is 3.13. The highest BCUT2D eigenvalue weighted by molar-refractivity contribution is 5.97. The van der Waals surface area contributed by atoms with Gasteiger partial charge in [0.15, 0.2) is 11.9 Å². The van der Waals surface area contributed by atoms with Crippen LogP contribution in [0.2, 0.25) is 0 Å². The Morgan fingerprint density at radius 3 is 2.55 bits per heavy atom. The van der Waals surface area contributed by atoms with Gasteiger partial charge in [0, 0.05) is 6.07 Å². The Bertz CT molecular complexity index is 706. The molecule has 0 saturated heterocycles. The van der Waals surface area contributed by atoms with Gasteiger partial charge in [0.25, 0.3) is 5.91 Å². The van der Waals surface area contributed by atoms with Crippen molar-refractivity contribution in [2.45, 2.75) is 33.8 Å². The van der Waals surface area contributed by atoms with E-state index in [2.05, 4.69) is 10.5 Å². The molecular weight excluding hydrogens is 284 g/mol. The van der Waals surface area contributed by atoms with Crippen molar-refractivity contribution in [2.75, 3.05) is 5.32 Å². The Labute approximate surface area is 128 Å². The largest absolute Gasteiger partial charge is 0.449 e. The molecule has 1 atom stereocenters. The summed E-state index contributed by atoms with van der Waals surface area (Å²) in [4.78, 5) is 24.1. The van der Waals surface area contributed by atoms with Crippen molar-refractivity contribution in [1.82, 2.24) is 5.16 Å². The van der Waals surface area contributed by atoms with E-state index in [-0.39, 0.29) is 5.82 Å². The van der Waals surface area contributed by atoms with Gasteiger partial charge in [0.1, 0.15) is 5.76 Å². The van der Waals surface area contributed by atoms with Crippen molar-refractivity contribution in [3.8, 4) is 0 Å². The van der Waals surface area contributed by atoms with E-state index in [1.165, 1.54) is 6.92 Å². The van der Waals surface area contributed by atoms with E-state index in [0.717, 1.165) is 11.1 Å². The number of esters is 1. The van der Waals surface area contributed by atoms with Gasteiger partial charge in [0.05, 0.1) is 5.56 Å². The second-order valence-corrected chi connectivity index (χ2v) is 5.18. The van der Waals surface area contributed by atoms with Crippen LogP contribution in [-0.4, -0.2) is 23.1 Å². The van der Waals surface area contributed by atoms with Crippen LogP contribution in [0.4, 0.5) is 5.82 Å². The van der Waals surface area contributed by atoms with Gasteiger partial charge >= 0.3 is 5.97 Å². The molecule has 116 valence electrons. The fourth-order valence-corrected chi connectivity index (χ4v) is 1.97. The lowest BCUT2D eigenvalue weighted by Gasteiger charge is -2.13. The Balaban J connectivity index is 1.99. The van der Waals surface area contributed by atoms with Crippen molar-refractivity contribution in [3.63, 3.8) is 0 Å². The van der Waals surface area contributed by atoms with Crippen molar-refractivity contribution < 1.29 is 18.8 Å². The molecule has 2 rings (SSSR count). The van der Waals surface area contributed by atoms with Crippen molar-refractivity contribution in [2.24, 2.45) is 0 Å². The number of ether oxygens (including phenoxy) is 1. The van der Waals surface area contributed by atoms with Crippen LogP contribution in [0.5, 0.6) is 0 Å². The first-order valence-electron chi connectivity index (χ1n) is 6.89. The molecule has 0 aliphatic rings. The molecule has 1 amide bonds. The van der Waals surface area contributed by atoms with Crippen molar-refractivity contribution >= 4 is 17.7 Å². The van der Waals surface area contributed by atoms with Gasteiger partial charge in [-0.1, -0.05) is 22.9 Å². The molecule has 1 aromatic heterocycles. The first-order valence-corrected chi connectivity index (χ1v) is 6.89. The first-order chi connectivity index (χ1) is 10.4. The highest BCUT2D eigenvalue weighted by Crippen LogP contribution is 2.14. The zero-order chi connectivity index (χ0) is 16.3. The smallest absolute Gasteiger partial charge is 0.339 e. The number of aryl methyl sites for hydroxylation is 3. The average Bonchev–Trinajstić information content (AvgIpc) is 2.83. The molecule has 0 unspecified atom stereocenters. The predicted octanol–water partition coefficient (Wildman–Crippen LogP) is 2.78. The number of hydrogen-bond acceptors (Lipinski definition) is 5. The average molecular weight is 302 g/mol. The van der Waals surface area contributed by atoms with Gasteiger partial charge in [0.2, 0.25) is 0 Å². The van der Waals surface area contributed by atoms with E-state index in [4.69, 9.17) is 9.26 Å². The summed E-state index contributed by atoms with van der Waals surface area (Å²) in [6.45, 7) is 6.99. The van der Waals surface area contributed by atoms with Crippen LogP contribution in [0, 0.1) is 20.8 Å². The summed E-state index contributed by atoms with van der Waals surface area (Å²) in [7, 11) is 0. The number of rotatable bonds is 4. The number of hydrogen-bond donors (Lipinski definition) is 1. The zero-order valence-corrected chi connectivity index (χ0v) is 13.0. The van der Waals surface area contributed by atoms with Gasteiger partial charge in [-0.2, -0.15) is 0 Å². The number of aromatic nitrogens is 1. The maximum Gasteiger partial charge on any atom is 0.339 e. The van der Waals surface area contributed by atoms with Crippen LogP contribution >= 0.6 is 0 Å². The molecule has 6 nitrogen and oxygen atoms in total. The van der Waals surface area contributed by atoms with E-state index >= 15 is 0 Å². The lowest BCUT2D eigenvalue weighted by atomic mass is 10.1. The molecule has 0 bridgehead atoms. The Hall–Kier alpha value is -2.63. The molecule has 0 aliphatic carbocycles. The van der Waals surface area contributed by atoms with E-state index in [1.807, 2.05) is 26.0 Å². The minimum atomic E-state index is -0.940. The molecule has 0 fully saturated rings. The monoisotopic (exact) mass is 302 g/mol. The molecule has 1 aromatic carbocycles. The molecule has 0 saturated carbocycles. The fraction of sp³-hybridized carbons (Fsp3) is 0.312. The molecule has 1 heterocycles. The number of nitrogens with one attached hydrogen (secondary N) is 1. The van der Waals surface area contributed by atoms with Crippen molar-refractivity contribution in [3.05, 3.63) is 46.7 Å². The summed E-state index contributed by atoms with van der Waals surface area (Å²) in [5.74, 6) is -0.130. The van der Waals surface area contributed by atoms with Crippen LogP contribution < -0.4 is 5.32 Å². The lowest BCUT2D eigenvalue weighted by Crippen LogP contribution is -2.30. The summed E-state index contributed by atoms with van der Waals surface area (Å²) in [6.07, 6.45) is -0.940. The van der Waals surface area contributed by atoms with E-state index < -0.39 is 18.0 Å². The number of carbonyl (C=O) groups is 2. The van der Waals surface area contributed by atoms with E-state index in [9.17, 15) is 9.59 Å². The molecule has 0 aliphatic heterocycles. The van der Waals surface area contributed by atoms with Crippen LogP contribution in [0.15, 0.2) is 28.8 Å². The second-order valence-electron chi connectivity index (χ2n) is 5.18. The number of amides is 1.